The molecule has 1 saturated heterocycles. The van der Waals surface area contributed by atoms with Crippen molar-refractivity contribution >= 4 is 0 Å². The molecule has 0 aromatic rings. The van der Waals surface area contributed by atoms with E-state index < -0.39 is 12.6 Å². The first-order chi connectivity index (χ1) is 3.70. The van der Waals surface area contributed by atoms with Crippen molar-refractivity contribution in [2.24, 2.45) is 0 Å². The lowest BCUT2D eigenvalue weighted by atomic mass is 10.3. The van der Waals surface area contributed by atoms with Crippen LogP contribution in [0.2, 0.25) is 1.41 Å². The highest BCUT2D eigenvalue weighted by atomic mass is 16.3. The average Bonchev–Trinajstić information content (AvgIpc) is 1.85. The van der Waals surface area contributed by atoms with Gasteiger partial charge in [-0.2, -0.15) is 0 Å². The Bertz CT molecular complexity index is 80.1. The number of β-amino-alcohol motifs (C(OH)–C–C–N with tert-alkyl or cyclic N) is 1. The van der Waals surface area contributed by atoms with Crippen LogP contribution in [0.5, 0.6) is 0 Å². The number of aliphatic hydroxyl groups excluding tert-OH is 1. The van der Waals surface area contributed by atoms with E-state index in [2.05, 4.69) is 0 Å². The standard InChI is InChI=1S/C4H9NO/c6-4-1-2-5-3-4/h4-6H,1-3H2/t4-/m1/s1/i2D/hD/t2-,4-. The van der Waals surface area contributed by atoms with Crippen molar-refractivity contribution in [3.63, 3.8) is 0 Å². The van der Waals surface area contributed by atoms with Gasteiger partial charge in [-0.3, -0.25) is 0 Å². The Morgan fingerprint density at radius 1 is 2.17 bits per heavy atom. The lowest BCUT2D eigenvalue weighted by molar-refractivity contribution is 0.196. The summed E-state index contributed by atoms with van der Waals surface area (Å²) >= 11 is 0. The van der Waals surface area contributed by atoms with E-state index in [0.717, 1.165) is 5.31 Å². The minimum absolute atomic E-state index is 0.328. The van der Waals surface area contributed by atoms with Crippen LogP contribution in [0.15, 0.2) is 0 Å². The van der Waals surface area contributed by atoms with Crippen LogP contribution in [0.25, 0.3) is 0 Å². The molecule has 2 N–H and O–H groups in total. The van der Waals surface area contributed by atoms with E-state index in [1.54, 1.807) is 0 Å². The first-order valence-electron chi connectivity index (χ1n) is 3.08. The van der Waals surface area contributed by atoms with Crippen LogP contribution < -0.4 is 5.31 Å². The van der Waals surface area contributed by atoms with Gasteiger partial charge in [-0.1, -0.05) is 0 Å². The van der Waals surface area contributed by atoms with E-state index in [-0.39, 0.29) is 0 Å². The molecule has 0 bridgehead atoms. The van der Waals surface area contributed by atoms with E-state index in [9.17, 15) is 0 Å². The third-order valence-electron chi connectivity index (χ3n) is 0.823. The summed E-state index contributed by atoms with van der Waals surface area (Å²) in [4.78, 5) is 0. The fraction of sp³-hybridized carbons (Fsp3) is 1.00. The zero-order valence-electron chi connectivity index (χ0n) is 5.46. The van der Waals surface area contributed by atoms with Gasteiger partial charge in [-0.25, -0.2) is 0 Å². The molecular formula is C4H9NO. The maximum Gasteiger partial charge on any atom is 0.122 e. The summed E-state index contributed by atoms with van der Waals surface area (Å²) in [6.07, 6.45) is -0.0289. The summed E-state index contributed by atoms with van der Waals surface area (Å²) in [5, 5.41) is 9.88. The molecular weight excluding hydrogens is 78.1 g/mol. The van der Waals surface area contributed by atoms with Crippen LogP contribution in [0.4, 0.5) is 0 Å². The number of hydrogen-bond acceptors (Lipinski definition) is 2. The number of hydrogen-bond donors (Lipinski definition) is 2. The summed E-state index contributed by atoms with van der Waals surface area (Å²) in [7, 11) is 0. The van der Waals surface area contributed by atoms with Crippen LogP contribution in [0, 0.1) is 0 Å². The van der Waals surface area contributed by atoms with Crippen LogP contribution in [0.1, 0.15) is 7.79 Å². The van der Waals surface area contributed by atoms with Crippen molar-refractivity contribution in [2.45, 2.75) is 12.5 Å². The van der Waals surface area contributed by atoms with Gasteiger partial charge < -0.3 is 10.4 Å². The van der Waals surface area contributed by atoms with Gasteiger partial charge in [0.15, 0.2) is 0 Å². The molecule has 0 aromatic carbocycles. The minimum atomic E-state index is -0.509. The molecule has 0 aromatic heterocycles. The topological polar surface area (TPSA) is 32.3 Å². The second-order valence-electron chi connectivity index (χ2n) is 1.44. The van der Waals surface area contributed by atoms with Gasteiger partial charge in [-0.15, -0.1) is 0 Å². The first kappa shape index (κ1) is 2.28. The van der Waals surface area contributed by atoms with Gasteiger partial charge in [0.25, 0.3) is 0 Å². The zero-order valence-corrected chi connectivity index (χ0v) is 3.46. The molecule has 36 valence electrons. The molecule has 1 heterocycles. The predicted octanol–water partition coefficient (Wildman–Crippen LogP) is -0.659. The summed E-state index contributed by atoms with van der Waals surface area (Å²) in [6, 6.07) is 0. The van der Waals surface area contributed by atoms with Crippen LogP contribution in [0.3, 0.4) is 0 Å². The Balaban J connectivity index is 2.39. The highest BCUT2D eigenvalue weighted by Gasteiger charge is 2.08. The smallest absolute Gasteiger partial charge is 0.122 e. The van der Waals surface area contributed by atoms with Crippen molar-refractivity contribution in [2.75, 3.05) is 13.1 Å². The van der Waals surface area contributed by atoms with Gasteiger partial charge in [0.05, 0.1) is 6.10 Å². The van der Waals surface area contributed by atoms with E-state index >= 15 is 0 Å². The maximum atomic E-state index is 8.79. The molecule has 1 aliphatic heterocycles. The molecule has 0 amide bonds. The summed E-state index contributed by atoms with van der Waals surface area (Å²) in [5.41, 5.74) is 0. The van der Waals surface area contributed by atoms with E-state index in [0.29, 0.717) is 13.0 Å². The van der Waals surface area contributed by atoms with Gasteiger partial charge in [0.2, 0.25) is 0 Å². The summed E-state index contributed by atoms with van der Waals surface area (Å²) in [5.74, 6) is 0. The van der Waals surface area contributed by atoms with Crippen LogP contribution in [-0.4, -0.2) is 24.3 Å². The van der Waals surface area contributed by atoms with E-state index in [1.807, 2.05) is 0 Å². The van der Waals surface area contributed by atoms with E-state index in [4.69, 9.17) is 7.89 Å². The normalized spacial score (nSPS) is 54.8. The molecule has 0 aliphatic carbocycles. The fourth-order valence-corrected chi connectivity index (χ4v) is 0.467. The number of aliphatic hydroxyl groups is 1. The molecule has 0 saturated carbocycles. The predicted molar refractivity (Wildman–Crippen MR) is 23.5 cm³/mol. The quantitative estimate of drug-likeness (QED) is 0.413. The zero-order chi connectivity index (χ0) is 6.15. The highest BCUT2D eigenvalue weighted by Crippen LogP contribution is 1.93. The van der Waals surface area contributed by atoms with Gasteiger partial charge in [0.1, 0.15) is 1.41 Å². The van der Waals surface area contributed by atoms with Gasteiger partial charge >= 0.3 is 0 Å². The van der Waals surface area contributed by atoms with Crippen LogP contribution in [-0.2, 0) is 0 Å². The Morgan fingerprint density at radius 3 is 3.17 bits per heavy atom. The fourth-order valence-electron chi connectivity index (χ4n) is 0.467. The summed E-state index contributed by atoms with van der Waals surface area (Å²) < 4.78 is 14.0. The number of nitrogens with one attached hydrogen (secondary N) is 1. The molecule has 1 fully saturated rings. The highest BCUT2D eigenvalue weighted by molar-refractivity contribution is 4.67. The van der Waals surface area contributed by atoms with Gasteiger partial charge in [-0.05, 0) is 12.9 Å². The number of rotatable bonds is 0. The monoisotopic (exact) mass is 89.1 g/mol. The van der Waals surface area contributed by atoms with E-state index in [1.165, 1.54) is 0 Å². The second-order valence-corrected chi connectivity index (χ2v) is 1.44. The van der Waals surface area contributed by atoms with Crippen molar-refractivity contribution < 1.29 is 7.89 Å². The second kappa shape index (κ2) is 1.58. The molecule has 0 unspecified atom stereocenters. The lowest BCUT2D eigenvalue weighted by Gasteiger charge is -1.90. The van der Waals surface area contributed by atoms with Crippen molar-refractivity contribution in [1.82, 2.24) is 5.31 Å². The minimum Gasteiger partial charge on any atom is -0.392 e. The molecule has 0 spiro atoms. The Kier molecular flexibility index (Phi) is 0.601. The SMILES string of the molecule is [2H][C@@H]1C[C@@H](O)CN1[2H]. The van der Waals surface area contributed by atoms with Crippen LogP contribution >= 0.6 is 0 Å². The largest absolute Gasteiger partial charge is 0.392 e. The Labute approximate surface area is 40.0 Å². The van der Waals surface area contributed by atoms with Crippen molar-refractivity contribution in [3.05, 3.63) is 0 Å². The Morgan fingerprint density at radius 2 is 3.00 bits per heavy atom. The third-order valence-corrected chi connectivity index (χ3v) is 0.823. The molecule has 1 aliphatic rings. The van der Waals surface area contributed by atoms with Gasteiger partial charge in [0, 0.05) is 7.92 Å². The first-order valence-corrected chi connectivity index (χ1v) is 2.06. The molecule has 0 radical (unpaired) electrons. The third kappa shape index (κ3) is 0.698. The van der Waals surface area contributed by atoms with Crippen molar-refractivity contribution in [1.29, 1.82) is 0 Å². The lowest BCUT2D eigenvalue weighted by Crippen LogP contribution is -2.11. The Hall–Kier alpha value is -0.0800. The molecule has 6 heavy (non-hydrogen) atoms. The maximum absolute atomic E-state index is 8.79. The average molecular weight is 89.1 g/mol. The molecule has 1 rings (SSSR count). The van der Waals surface area contributed by atoms with Crippen molar-refractivity contribution in [3.8, 4) is 0 Å². The summed E-state index contributed by atoms with van der Waals surface area (Å²) in [6.45, 7) is -0.182. The molecule has 2 nitrogen and oxygen atoms in total. The molecule has 2 heteroatoms. The molecule has 2 atom stereocenters.